The van der Waals surface area contributed by atoms with Crippen LogP contribution in [0, 0.1) is 0 Å². The number of furan rings is 1. The summed E-state index contributed by atoms with van der Waals surface area (Å²) < 4.78 is 8.16. The van der Waals surface area contributed by atoms with E-state index in [4.69, 9.17) is 16.0 Å². The van der Waals surface area contributed by atoms with Crippen LogP contribution in [0.25, 0.3) is 0 Å². The van der Waals surface area contributed by atoms with Gasteiger partial charge in [0.15, 0.2) is 5.76 Å². The maximum Gasteiger partial charge on any atom is 0.287 e. The summed E-state index contributed by atoms with van der Waals surface area (Å²) in [5, 5.41) is 3.70. The van der Waals surface area contributed by atoms with Gasteiger partial charge in [-0.05, 0) is 49.2 Å². The molecule has 1 N–H and O–H groups in total. The van der Waals surface area contributed by atoms with Gasteiger partial charge in [0.05, 0.1) is 12.6 Å². The van der Waals surface area contributed by atoms with E-state index in [1.165, 1.54) is 5.69 Å². The van der Waals surface area contributed by atoms with Crippen molar-refractivity contribution in [2.45, 2.75) is 45.4 Å². The minimum Gasteiger partial charge on any atom is -0.455 e. The number of halogens is 1. The van der Waals surface area contributed by atoms with Crippen LogP contribution in [0.1, 0.15) is 53.9 Å². The highest BCUT2D eigenvalue weighted by Crippen LogP contribution is 2.36. The molecule has 4 rings (SSSR count). The molecule has 3 aromatic rings. The van der Waals surface area contributed by atoms with Crippen molar-refractivity contribution in [3.8, 4) is 0 Å². The van der Waals surface area contributed by atoms with E-state index >= 15 is 0 Å². The van der Waals surface area contributed by atoms with E-state index in [-0.39, 0.29) is 18.0 Å². The van der Waals surface area contributed by atoms with Gasteiger partial charge in [-0.3, -0.25) is 9.69 Å². The first-order valence-corrected chi connectivity index (χ1v) is 10.5. The minimum atomic E-state index is -0.166. The van der Waals surface area contributed by atoms with E-state index in [0.717, 1.165) is 35.9 Å². The second-order valence-electron chi connectivity index (χ2n) is 7.57. The quantitative estimate of drug-likeness (QED) is 0.629. The zero-order chi connectivity index (χ0) is 20.4. The fourth-order valence-electron chi connectivity index (χ4n) is 3.84. The molecule has 6 heteroatoms. The first-order valence-electron chi connectivity index (χ1n) is 10.1. The van der Waals surface area contributed by atoms with Gasteiger partial charge in [-0.2, -0.15) is 0 Å². The first-order chi connectivity index (χ1) is 14.1. The van der Waals surface area contributed by atoms with E-state index in [2.05, 4.69) is 39.2 Å². The highest BCUT2D eigenvalue weighted by Gasteiger charge is 2.30. The van der Waals surface area contributed by atoms with Gasteiger partial charge in [0.1, 0.15) is 5.76 Å². The molecular weight excluding hydrogens is 386 g/mol. The lowest BCUT2D eigenvalue weighted by Gasteiger charge is -2.37. The van der Waals surface area contributed by atoms with Gasteiger partial charge < -0.3 is 14.3 Å². The van der Waals surface area contributed by atoms with E-state index in [0.29, 0.717) is 12.3 Å². The normalized spacial score (nSPS) is 17.7. The Kier molecular flexibility index (Phi) is 5.79. The van der Waals surface area contributed by atoms with Crippen LogP contribution in [0.5, 0.6) is 0 Å². The number of carbonyl (C=O) groups excluding carboxylic acids is 1. The fraction of sp³-hybridized carbons (Fsp3) is 0.348. The number of nitrogens with one attached hydrogen (secondary N) is 1. The maximum absolute atomic E-state index is 12.3. The molecule has 0 fully saturated rings. The number of rotatable bonds is 6. The molecule has 29 heavy (non-hydrogen) atoms. The number of amides is 1. The third kappa shape index (κ3) is 4.11. The number of hydrogen-bond donors (Lipinski definition) is 1. The van der Waals surface area contributed by atoms with E-state index in [1.807, 2.05) is 38.1 Å². The number of fused-ring (bicyclic) bond motifs is 1. The molecule has 1 aliphatic heterocycles. The molecule has 2 atom stereocenters. The van der Waals surface area contributed by atoms with Gasteiger partial charge in [-0.15, -0.1) is 0 Å². The molecule has 1 aliphatic rings. The Hall–Kier alpha value is -2.50. The lowest BCUT2D eigenvalue weighted by Crippen LogP contribution is -2.38. The molecule has 0 radical (unpaired) electrons. The maximum atomic E-state index is 12.3. The van der Waals surface area contributed by atoms with Crippen molar-refractivity contribution in [2.75, 3.05) is 6.54 Å². The van der Waals surface area contributed by atoms with Crippen LogP contribution in [-0.2, 0) is 13.1 Å². The lowest BCUT2D eigenvalue weighted by molar-refractivity contribution is 0.0904. The van der Waals surface area contributed by atoms with Crippen LogP contribution in [-0.4, -0.2) is 28.0 Å². The molecule has 2 unspecified atom stereocenters. The molecular formula is C23H26ClN3O2. The summed E-state index contributed by atoms with van der Waals surface area (Å²) in [6, 6.07) is 16.0. The molecule has 0 saturated carbocycles. The average Bonchev–Trinajstić information content (AvgIpc) is 3.38. The van der Waals surface area contributed by atoms with Crippen LogP contribution >= 0.6 is 11.6 Å². The molecule has 1 aromatic carbocycles. The summed E-state index contributed by atoms with van der Waals surface area (Å²) in [4.78, 5) is 14.7. The molecule has 0 saturated heterocycles. The van der Waals surface area contributed by atoms with Gasteiger partial charge in [0, 0.05) is 36.0 Å². The lowest BCUT2D eigenvalue weighted by atomic mass is 9.99. The molecule has 152 valence electrons. The molecule has 1 amide bonds. The second-order valence-corrected chi connectivity index (χ2v) is 7.98. The summed E-state index contributed by atoms with van der Waals surface area (Å²) in [7, 11) is 0. The summed E-state index contributed by atoms with van der Waals surface area (Å²) >= 11 is 6.55. The van der Waals surface area contributed by atoms with Crippen molar-refractivity contribution in [3.05, 3.63) is 82.5 Å². The highest BCUT2D eigenvalue weighted by molar-refractivity contribution is 6.31. The highest BCUT2D eigenvalue weighted by atomic mass is 35.5. The number of aromatic nitrogens is 1. The van der Waals surface area contributed by atoms with Gasteiger partial charge >= 0.3 is 0 Å². The minimum absolute atomic E-state index is 0.0370. The summed E-state index contributed by atoms with van der Waals surface area (Å²) in [6.07, 6.45) is 2.99. The van der Waals surface area contributed by atoms with Crippen molar-refractivity contribution < 1.29 is 9.21 Å². The molecule has 0 spiro atoms. The first kappa shape index (κ1) is 19.8. The topological polar surface area (TPSA) is 50.4 Å². The van der Waals surface area contributed by atoms with E-state index in [9.17, 15) is 4.79 Å². The Bertz CT molecular complexity index is 993. The molecule has 0 bridgehead atoms. The summed E-state index contributed by atoms with van der Waals surface area (Å²) in [6.45, 7) is 6.41. The van der Waals surface area contributed by atoms with Crippen LogP contribution in [0.15, 0.2) is 59.1 Å². The Morgan fingerprint density at radius 2 is 2.03 bits per heavy atom. The Labute approximate surface area is 176 Å². The van der Waals surface area contributed by atoms with Crippen LogP contribution in [0.2, 0.25) is 5.02 Å². The predicted octanol–water partition coefficient (Wildman–Crippen LogP) is 4.87. The van der Waals surface area contributed by atoms with Crippen molar-refractivity contribution in [1.82, 2.24) is 14.8 Å². The van der Waals surface area contributed by atoms with Gasteiger partial charge in [0.2, 0.25) is 0 Å². The van der Waals surface area contributed by atoms with E-state index < -0.39 is 0 Å². The van der Waals surface area contributed by atoms with Gasteiger partial charge in [-0.25, -0.2) is 0 Å². The van der Waals surface area contributed by atoms with Crippen molar-refractivity contribution in [1.29, 1.82) is 0 Å². The third-order valence-corrected chi connectivity index (χ3v) is 5.92. The monoisotopic (exact) mass is 411 g/mol. The molecule has 5 nitrogen and oxygen atoms in total. The Morgan fingerprint density at radius 1 is 1.21 bits per heavy atom. The van der Waals surface area contributed by atoms with Crippen molar-refractivity contribution in [3.63, 3.8) is 0 Å². The standard InChI is InChI=1S/C23H26ClN3O2/c1-3-16(2)25-23(28)21-11-10-17(29-21)15-27-14-13-26-12-6-9-20(26)22(27)18-7-4-5-8-19(18)24/h4-12,16,22H,3,13-15H2,1-2H3,(H,25,28). The molecule has 3 heterocycles. The fourth-order valence-corrected chi connectivity index (χ4v) is 4.08. The smallest absolute Gasteiger partial charge is 0.287 e. The summed E-state index contributed by atoms with van der Waals surface area (Å²) in [5.41, 5.74) is 2.29. The average molecular weight is 412 g/mol. The van der Waals surface area contributed by atoms with Crippen molar-refractivity contribution in [2.24, 2.45) is 0 Å². The van der Waals surface area contributed by atoms with Gasteiger partial charge in [-0.1, -0.05) is 36.7 Å². The zero-order valence-corrected chi connectivity index (χ0v) is 17.5. The van der Waals surface area contributed by atoms with Crippen LogP contribution in [0.3, 0.4) is 0 Å². The largest absolute Gasteiger partial charge is 0.455 e. The molecule has 0 aliphatic carbocycles. The number of nitrogens with zero attached hydrogens (tertiary/aromatic N) is 2. The van der Waals surface area contributed by atoms with E-state index in [1.54, 1.807) is 6.07 Å². The number of hydrogen-bond acceptors (Lipinski definition) is 3. The summed E-state index contributed by atoms with van der Waals surface area (Å²) in [5.74, 6) is 0.965. The van der Waals surface area contributed by atoms with Crippen molar-refractivity contribution >= 4 is 17.5 Å². The van der Waals surface area contributed by atoms with Gasteiger partial charge in [0.25, 0.3) is 5.91 Å². The Balaban J connectivity index is 1.58. The SMILES string of the molecule is CCC(C)NC(=O)c1ccc(CN2CCn3cccc3C2c2ccccc2Cl)o1. The zero-order valence-electron chi connectivity index (χ0n) is 16.8. The number of benzene rings is 1. The second kappa shape index (κ2) is 8.47. The van der Waals surface area contributed by atoms with Crippen LogP contribution in [0.4, 0.5) is 0 Å². The number of carbonyl (C=O) groups is 1. The third-order valence-electron chi connectivity index (χ3n) is 5.57. The van der Waals surface area contributed by atoms with Crippen LogP contribution < -0.4 is 5.32 Å². The Morgan fingerprint density at radius 3 is 2.83 bits per heavy atom. The predicted molar refractivity (Wildman–Crippen MR) is 114 cm³/mol. The molecule has 2 aromatic heterocycles.